The molecule has 0 spiro atoms. The number of nitrogens with one attached hydrogen (secondary N) is 1. The summed E-state index contributed by atoms with van der Waals surface area (Å²) in [5.41, 5.74) is 8.47. The normalized spacial score (nSPS) is 10.0. The average molecular weight is 257 g/mol. The van der Waals surface area contributed by atoms with Gasteiger partial charge < -0.3 is 11.1 Å². The van der Waals surface area contributed by atoms with Crippen LogP contribution in [0.3, 0.4) is 0 Å². The SMILES string of the molecule is NC(=S)c1ncccc1NCCc1ccccc1. The minimum absolute atomic E-state index is 0.317. The summed E-state index contributed by atoms with van der Waals surface area (Å²) >= 11 is 4.97. The lowest BCUT2D eigenvalue weighted by Gasteiger charge is -2.09. The standard InChI is InChI=1S/C14H15N3S/c15-14(18)13-12(7-4-9-17-13)16-10-8-11-5-2-1-3-6-11/h1-7,9,16H,8,10H2,(H2,15,18). The molecule has 3 N–H and O–H groups in total. The second kappa shape index (κ2) is 6.12. The maximum atomic E-state index is 5.63. The zero-order valence-corrected chi connectivity index (χ0v) is 10.8. The van der Waals surface area contributed by atoms with E-state index in [0.717, 1.165) is 18.7 Å². The highest BCUT2D eigenvalue weighted by Crippen LogP contribution is 2.12. The topological polar surface area (TPSA) is 50.9 Å². The molecule has 0 aliphatic heterocycles. The van der Waals surface area contributed by atoms with Gasteiger partial charge in [-0.15, -0.1) is 0 Å². The molecule has 0 aliphatic carbocycles. The predicted molar refractivity (Wildman–Crippen MR) is 78.8 cm³/mol. The third-order valence-electron chi connectivity index (χ3n) is 2.61. The Bertz CT molecular complexity index is 526. The molecule has 1 aromatic heterocycles. The lowest BCUT2D eigenvalue weighted by atomic mass is 10.1. The van der Waals surface area contributed by atoms with Crippen LogP contribution in [0.25, 0.3) is 0 Å². The Balaban J connectivity index is 1.97. The molecular weight excluding hydrogens is 242 g/mol. The number of rotatable bonds is 5. The number of nitrogens with two attached hydrogens (primary N) is 1. The Kier molecular flexibility index (Phi) is 4.25. The van der Waals surface area contributed by atoms with Crippen LogP contribution in [0, 0.1) is 0 Å². The van der Waals surface area contributed by atoms with Gasteiger partial charge in [0.15, 0.2) is 0 Å². The molecule has 1 aromatic carbocycles. The van der Waals surface area contributed by atoms with Crippen molar-refractivity contribution in [2.45, 2.75) is 6.42 Å². The molecule has 0 amide bonds. The highest BCUT2D eigenvalue weighted by Gasteiger charge is 2.04. The highest BCUT2D eigenvalue weighted by atomic mass is 32.1. The van der Waals surface area contributed by atoms with Crippen molar-refractivity contribution >= 4 is 22.9 Å². The van der Waals surface area contributed by atoms with E-state index in [1.165, 1.54) is 5.56 Å². The number of hydrogen-bond donors (Lipinski definition) is 2. The molecule has 0 atom stereocenters. The summed E-state index contributed by atoms with van der Waals surface area (Å²) in [5, 5.41) is 3.31. The van der Waals surface area contributed by atoms with Gasteiger partial charge in [-0.1, -0.05) is 42.5 Å². The lowest BCUT2D eigenvalue weighted by molar-refractivity contribution is 1.02. The number of nitrogens with zero attached hydrogens (tertiary/aromatic N) is 1. The first kappa shape index (κ1) is 12.5. The van der Waals surface area contributed by atoms with E-state index >= 15 is 0 Å². The van der Waals surface area contributed by atoms with Gasteiger partial charge in [0.2, 0.25) is 0 Å². The van der Waals surface area contributed by atoms with Gasteiger partial charge in [0.05, 0.1) is 5.69 Å². The molecule has 3 nitrogen and oxygen atoms in total. The van der Waals surface area contributed by atoms with Gasteiger partial charge in [-0.2, -0.15) is 0 Å². The second-order valence-corrected chi connectivity index (χ2v) is 4.37. The van der Waals surface area contributed by atoms with Crippen molar-refractivity contribution in [3.8, 4) is 0 Å². The van der Waals surface area contributed by atoms with Crippen LogP contribution in [0.5, 0.6) is 0 Å². The van der Waals surface area contributed by atoms with Gasteiger partial charge in [0.25, 0.3) is 0 Å². The monoisotopic (exact) mass is 257 g/mol. The van der Waals surface area contributed by atoms with Crippen molar-refractivity contribution < 1.29 is 0 Å². The zero-order valence-electron chi connectivity index (χ0n) is 9.97. The Hall–Kier alpha value is -1.94. The molecule has 18 heavy (non-hydrogen) atoms. The highest BCUT2D eigenvalue weighted by molar-refractivity contribution is 7.80. The predicted octanol–water partition coefficient (Wildman–Crippen LogP) is 2.37. The maximum absolute atomic E-state index is 5.63. The molecule has 2 aromatic rings. The van der Waals surface area contributed by atoms with E-state index in [9.17, 15) is 0 Å². The summed E-state index contributed by atoms with van der Waals surface area (Å²) in [5.74, 6) is 0. The zero-order chi connectivity index (χ0) is 12.8. The largest absolute Gasteiger partial charge is 0.388 e. The van der Waals surface area contributed by atoms with E-state index in [1.807, 2.05) is 30.3 Å². The fourth-order valence-corrected chi connectivity index (χ4v) is 1.89. The van der Waals surface area contributed by atoms with Crippen molar-refractivity contribution in [2.24, 2.45) is 5.73 Å². The summed E-state index contributed by atoms with van der Waals surface area (Å²) in [6.07, 6.45) is 2.64. The summed E-state index contributed by atoms with van der Waals surface area (Å²) in [7, 11) is 0. The smallest absolute Gasteiger partial charge is 0.124 e. The number of anilines is 1. The van der Waals surface area contributed by atoms with E-state index < -0.39 is 0 Å². The first-order chi connectivity index (χ1) is 8.77. The summed E-state index contributed by atoms with van der Waals surface area (Å²) < 4.78 is 0. The molecule has 92 valence electrons. The maximum Gasteiger partial charge on any atom is 0.124 e. The molecule has 2 rings (SSSR count). The van der Waals surface area contributed by atoms with Crippen molar-refractivity contribution in [1.82, 2.24) is 4.98 Å². The summed E-state index contributed by atoms with van der Waals surface area (Å²) in [6.45, 7) is 0.825. The first-order valence-corrected chi connectivity index (χ1v) is 6.21. The average Bonchev–Trinajstić information content (AvgIpc) is 2.40. The van der Waals surface area contributed by atoms with E-state index in [2.05, 4.69) is 22.4 Å². The van der Waals surface area contributed by atoms with Gasteiger partial charge >= 0.3 is 0 Å². The molecule has 1 heterocycles. The molecular formula is C14H15N3S. The van der Waals surface area contributed by atoms with Crippen LogP contribution >= 0.6 is 12.2 Å². The van der Waals surface area contributed by atoms with Crippen LogP contribution in [0.2, 0.25) is 0 Å². The quantitative estimate of drug-likeness (QED) is 0.807. The van der Waals surface area contributed by atoms with Crippen molar-refractivity contribution in [3.63, 3.8) is 0 Å². The van der Waals surface area contributed by atoms with Crippen LogP contribution in [-0.2, 0) is 6.42 Å². The first-order valence-electron chi connectivity index (χ1n) is 5.80. The third-order valence-corrected chi connectivity index (χ3v) is 2.81. The second-order valence-electron chi connectivity index (χ2n) is 3.93. The third kappa shape index (κ3) is 3.28. The fraction of sp³-hybridized carbons (Fsp3) is 0.143. The Morgan fingerprint density at radius 3 is 2.67 bits per heavy atom. The van der Waals surface area contributed by atoms with E-state index in [1.54, 1.807) is 6.20 Å². The van der Waals surface area contributed by atoms with Crippen LogP contribution in [0.4, 0.5) is 5.69 Å². The van der Waals surface area contributed by atoms with Gasteiger partial charge in [-0.25, -0.2) is 0 Å². The van der Waals surface area contributed by atoms with E-state index in [4.69, 9.17) is 18.0 Å². The molecule has 0 fully saturated rings. The van der Waals surface area contributed by atoms with Crippen LogP contribution in [0.1, 0.15) is 11.3 Å². The van der Waals surface area contributed by atoms with Crippen LogP contribution in [-0.4, -0.2) is 16.5 Å². The number of hydrogen-bond acceptors (Lipinski definition) is 3. The molecule has 0 radical (unpaired) electrons. The summed E-state index contributed by atoms with van der Waals surface area (Å²) in [6, 6.07) is 14.1. The number of aromatic nitrogens is 1. The molecule has 0 unspecified atom stereocenters. The molecule has 0 aliphatic rings. The Morgan fingerprint density at radius 1 is 1.17 bits per heavy atom. The Labute approximate surface area is 112 Å². The van der Waals surface area contributed by atoms with Crippen molar-refractivity contribution in [3.05, 3.63) is 59.9 Å². The van der Waals surface area contributed by atoms with E-state index in [-0.39, 0.29) is 0 Å². The number of thiocarbonyl (C=S) groups is 1. The van der Waals surface area contributed by atoms with Gasteiger partial charge in [0, 0.05) is 12.7 Å². The fourth-order valence-electron chi connectivity index (χ4n) is 1.73. The minimum Gasteiger partial charge on any atom is -0.388 e. The minimum atomic E-state index is 0.317. The molecule has 0 saturated heterocycles. The summed E-state index contributed by atoms with van der Waals surface area (Å²) in [4.78, 5) is 4.49. The Morgan fingerprint density at radius 2 is 1.94 bits per heavy atom. The van der Waals surface area contributed by atoms with Crippen LogP contribution < -0.4 is 11.1 Å². The van der Waals surface area contributed by atoms with Gasteiger partial charge in [0.1, 0.15) is 10.7 Å². The van der Waals surface area contributed by atoms with Crippen molar-refractivity contribution in [1.29, 1.82) is 0 Å². The molecule has 4 heteroatoms. The van der Waals surface area contributed by atoms with Crippen molar-refractivity contribution in [2.75, 3.05) is 11.9 Å². The number of pyridine rings is 1. The van der Waals surface area contributed by atoms with Crippen LogP contribution in [0.15, 0.2) is 48.7 Å². The van der Waals surface area contributed by atoms with Gasteiger partial charge in [-0.05, 0) is 24.1 Å². The lowest BCUT2D eigenvalue weighted by Crippen LogP contribution is -2.16. The molecule has 0 bridgehead atoms. The van der Waals surface area contributed by atoms with E-state index in [0.29, 0.717) is 10.7 Å². The number of benzene rings is 1. The van der Waals surface area contributed by atoms with Gasteiger partial charge in [-0.3, -0.25) is 4.98 Å². The molecule has 0 saturated carbocycles.